The zero-order chi connectivity index (χ0) is 15.2. The molecule has 1 aromatic carbocycles. The van der Waals surface area contributed by atoms with Crippen molar-refractivity contribution in [2.24, 2.45) is 0 Å². The van der Waals surface area contributed by atoms with E-state index < -0.39 is 4.92 Å². The fourth-order valence-corrected chi connectivity index (χ4v) is 2.36. The lowest BCUT2D eigenvalue weighted by molar-refractivity contribution is -0.384. The van der Waals surface area contributed by atoms with Crippen molar-refractivity contribution in [2.45, 2.75) is 25.4 Å². The Morgan fingerprint density at radius 1 is 1.52 bits per heavy atom. The molecule has 1 aliphatic rings. The largest absolute Gasteiger partial charge is 0.383 e. The fraction of sp³-hybridized carbons (Fsp3) is 0.500. The van der Waals surface area contributed by atoms with E-state index in [0.29, 0.717) is 12.2 Å². The summed E-state index contributed by atoms with van der Waals surface area (Å²) in [5, 5.41) is 16.5. The first-order valence-electron chi connectivity index (χ1n) is 6.98. The maximum atomic E-state index is 12.0. The Morgan fingerprint density at radius 2 is 2.33 bits per heavy atom. The van der Waals surface area contributed by atoms with E-state index in [-0.39, 0.29) is 23.3 Å². The van der Waals surface area contributed by atoms with Gasteiger partial charge >= 0.3 is 0 Å². The van der Waals surface area contributed by atoms with Crippen molar-refractivity contribution >= 4 is 17.3 Å². The molecule has 1 atom stereocenters. The highest BCUT2D eigenvalue weighted by atomic mass is 16.6. The van der Waals surface area contributed by atoms with E-state index in [1.165, 1.54) is 12.1 Å². The number of amides is 1. The predicted molar refractivity (Wildman–Crippen MR) is 78.6 cm³/mol. The summed E-state index contributed by atoms with van der Waals surface area (Å²) < 4.78 is 5.47. The maximum Gasteiger partial charge on any atom is 0.293 e. The number of rotatable bonds is 6. The zero-order valence-electron chi connectivity index (χ0n) is 11.9. The van der Waals surface area contributed by atoms with Crippen LogP contribution in [-0.2, 0) is 4.74 Å². The summed E-state index contributed by atoms with van der Waals surface area (Å²) in [5.74, 6) is -0.307. The van der Waals surface area contributed by atoms with Gasteiger partial charge in [-0.2, -0.15) is 0 Å². The van der Waals surface area contributed by atoms with Crippen LogP contribution in [0.3, 0.4) is 0 Å². The van der Waals surface area contributed by atoms with E-state index in [4.69, 9.17) is 4.74 Å². The van der Waals surface area contributed by atoms with Crippen molar-refractivity contribution in [3.05, 3.63) is 33.9 Å². The highest BCUT2D eigenvalue weighted by Crippen LogP contribution is 2.25. The van der Waals surface area contributed by atoms with Gasteiger partial charge in [-0.3, -0.25) is 14.9 Å². The Hall–Kier alpha value is -2.15. The molecule has 1 aliphatic heterocycles. The van der Waals surface area contributed by atoms with Crippen LogP contribution in [0.4, 0.5) is 11.4 Å². The quantitative estimate of drug-likeness (QED) is 0.617. The van der Waals surface area contributed by atoms with Gasteiger partial charge in [0.2, 0.25) is 0 Å². The third-order valence-electron chi connectivity index (χ3n) is 3.50. The Labute approximate surface area is 122 Å². The van der Waals surface area contributed by atoms with Crippen LogP contribution in [0.25, 0.3) is 0 Å². The molecule has 1 fully saturated rings. The predicted octanol–water partition coefficient (Wildman–Crippen LogP) is 1.94. The number of benzene rings is 1. The van der Waals surface area contributed by atoms with Crippen LogP contribution in [0.5, 0.6) is 0 Å². The van der Waals surface area contributed by atoms with Gasteiger partial charge in [-0.1, -0.05) is 0 Å². The number of nitrogens with one attached hydrogen (secondary N) is 2. The molecule has 1 amide bonds. The molecule has 1 aromatic rings. The lowest BCUT2D eigenvalue weighted by Crippen LogP contribution is -2.27. The third kappa shape index (κ3) is 3.91. The molecule has 21 heavy (non-hydrogen) atoms. The van der Waals surface area contributed by atoms with E-state index in [9.17, 15) is 14.9 Å². The van der Waals surface area contributed by atoms with Crippen molar-refractivity contribution in [1.82, 2.24) is 5.32 Å². The van der Waals surface area contributed by atoms with Gasteiger partial charge in [0, 0.05) is 31.8 Å². The first kappa shape index (κ1) is 15.2. The van der Waals surface area contributed by atoms with Gasteiger partial charge in [0.15, 0.2) is 0 Å². The summed E-state index contributed by atoms with van der Waals surface area (Å²) in [6.45, 7) is 1.29. The Bertz CT molecular complexity index is 527. The van der Waals surface area contributed by atoms with Crippen LogP contribution >= 0.6 is 0 Å². The van der Waals surface area contributed by atoms with Crippen molar-refractivity contribution in [3.8, 4) is 0 Å². The number of hydrogen-bond acceptors (Lipinski definition) is 5. The lowest BCUT2D eigenvalue weighted by Gasteiger charge is -2.10. The molecule has 2 N–H and O–H groups in total. The second-order valence-electron chi connectivity index (χ2n) is 4.92. The molecule has 0 spiro atoms. The summed E-state index contributed by atoms with van der Waals surface area (Å²) in [6.07, 6.45) is 3.07. The molecule has 0 saturated carbocycles. The van der Waals surface area contributed by atoms with Crippen LogP contribution in [0.1, 0.15) is 29.6 Å². The number of nitrogens with zero attached hydrogens (tertiary/aromatic N) is 1. The van der Waals surface area contributed by atoms with Crippen molar-refractivity contribution in [3.63, 3.8) is 0 Å². The van der Waals surface area contributed by atoms with Gasteiger partial charge in [0.1, 0.15) is 5.69 Å². The summed E-state index contributed by atoms with van der Waals surface area (Å²) in [5.41, 5.74) is 0.563. The summed E-state index contributed by atoms with van der Waals surface area (Å²) in [7, 11) is 1.60. The van der Waals surface area contributed by atoms with E-state index >= 15 is 0 Å². The smallest absolute Gasteiger partial charge is 0.293 e. The highest BCUT2D eigenvalue weighted by molar-refractivity contribution is 5.95. The molecular formula is C14H19N3O4. The molecule has 114 valence electrons. The summed E-state index contributed by atoms with van der Waals surface area (Å²) in [4.78, 5) is 22.5. The molecule has 7 heteroatoms. The van der Waals surface area contributed by atoms with Crippen LogP contribution in [0.15, 0.2) is 18.2 Å². The van der Waals surface area contributed by atoms with E-state index in [1.807, 2.05) is 0 Å². The van der Waals surface area contributed by atoms with Gasteiger partial charge in [0.05, 0.1) is 11.0 Å². The number of ether oxygens (including phenoxy) is 1. The van der Waals surface area contributed by atoms with Gasteiger partial charge in [-0.15, -0.1) is 0 Å². The first-order chi connectivity index (χ1) is 10.1. The number of hydrogen-bond donors (Lipinski definition) is 2. The first-order valence-corrected chi connectivity index (χ1v) is 6.98. The molecule has 1 saturated heterocycles. The number of carbonyl (C=O) groups excluding carboxylic acids is 1. The maximum absolute atomic E-state index is 12.0. The van der Waals surface area contributed by atoms with Gasteiger partial charge in [-0.25, -0.2) is 0 Å². The second kappa shape index (κ2) is 7.03. The minimum atomic E-state index is -0.505. The molecule has 2 rings (SSSR count). The average molecular weight is 293 g/mol. The fourth-order valence-electron chi connectivity index (χ4n) is 2.36. The molecule has 0 radical (unpaired) electrons. The molecule has 1 unspecified atom stereocenters. The molecule has 0 aliphatic carbocycles. The average Bonchev–Trinajstić information content (AvgIpc) is 2.99. The van der Waals surface area contributed by atoms with Crippen LogP contribution in [0.2, 0.25) is 0 Å². The topological polar surface area (TPSA) is 93.5 Å². The van der Waals surface area contributed by atoms with Gasteiger partial charge in [-0.05, 0) is 31.4 Å². The standard InChI is InChI=1S/C14H19N3O4/c1-15-12-5-4-10(9-13(12)17(19)20)14(18)16-7-6-11-3-2-8-21-11/h4-5,9,11,15H,2-3,6-8H2,1H3,(H,16,18). The van der Waals surface area contributed by atoms with Crippen molar-refractivity contribution < 1.29 is 14.5 Å². The van der Waals surface area contributed by atoms with Crippen LogP contribution in [-0.4, -0.2) is 37.1 Å². The van der Waals surface area contributed by atoms with Crippen molar-refractivity contribution in [1.29, 1.82) is 0 Å². The second-order valence-corrected chi connectivity index (χ2v) is 4.92. The normalized spacial score (nSPS) is 17.5. The summed E-state index contributed by atoms with van der Waals surface area (Å²) in [6, 6.07) is 4.39. The molecular weight excluding hydrogens is 274 g/mol. The number of nitro groups is 1. The lowest BCUT2D eigenvalue weighted by atomic mass is 10.1. The molecule has 0 aromatic heterocycles. The highest BCUT2D eigenvalue weighted by Gasteiger charge is 2.18. The summed E-state index contributed by atoms with van der Waals surface area (Å²) >= 11 is 0. The SMILES string of the molecule is CNc1ccc(C(=O)NCCC2CCCO2)cc1[N+](=O)[O-]. The van der Waals surface area contributed by atoms with Crippen molar-refractivity contribution in [2.75, 3.05) is 25.5 Å². The minimum absolute atomic E-state index is 0.107. The Balaban J connectivity index is 1.95. The van der Waals surface area contributed by atoms with E-state index in [1.54, 1.807) is 13.1 Å². The zero-order valence-corrected chi connectivity index (χ0v) is 11.9. The van der Waals surface area contributed by atoms with Crippen LogP contribution in [0, 0.1) is 10.1 Å². The van der Waals surface area contributed by atoms with Gasteiger partial charge < -0.3 is 15.4 Å². The van der Waals surface area contributed by atoms with Gasteiger partial charge in [0.25, 0.3) is 11.6 Å². The molecule has 0 bridgehead atoms. The minimum Gasteiger partial charge on any atom is -0.383 e. The van der Waals surface area contributed by atoms with E-state index in [0.717, 1.165) is 25.9 Å². The third-order valence-corrected chi connectivity index (χ3v) is 3.50. The Morgan fingerprint density at radius 3 is 2.95 bits per heavy atom. The number of nitro benzene ring substituents is 1. The monoisotopic (exact) mass is 293 g/mol. The van der Waals surface area contributed by atoms with E-state index in [2.05, 4.69) is 10.6 Å². The number of anilines is 1. The Kier molecular flexibility index (Phi) is 5.10. The molecule has 1 heterocycles. The molecule has 7 nitrogen and oxygen atoms in total. The van der Waals surface area contributed by atoms with Crippen LogP contribution < -0.4 is 10.6 Å². The number of carbonyl (C=O) groups is 1.